The Hall–Kier alpha value is -2.37. The van der Waals surface area contributed by atoms with Crippen molar-refractivity contribution < 1.29 is 19.1 Å². The smallest absolute Gasteiger partial charge is 0.310 e. The van der Waals surface area contributed by atoms with E-state index in [1.54, 1.807) is 30.9 Å². The van der Waals surface area contributed by atoms with Gasteiger partial charge < -0.3 is 15.0 Å². The van der Waals surface area contributed by atoms with Gasteiger partial charge in [-0.05, 0) is 37.0 Å². The number of benzene rings is 1. The van der Waals surface area contributed by atoms with Crippen LogP contribution in [0.3, 0.4) is 0 Å². The molecule has 0 radical (unpaired) electrons. The second-order valence-electron chi connectivity index (χ2n) is 7.82. The van der Waals surface area contributed by atoms with Crippen molar-refractivity contribution in [2.45, 2.75) is 53.0 Å². The molecule has 6 nitrogen and oxygen atoms in total. The van der Waals surface area contributed by atoms with Crippen LogP contribution in [-0.4, -0.2) is 48.9 Å². The van der Waals surface area contributed by atoms with Crippen LogP contribution in [0.4, 0.5) is 0 Å². The highest BCUT2D eigenvalue weighted by Gasteiger charge is 2.25. The van der Waals surface area contributed by atoms with Gasteiger partial charge in [-0.15, -0.1) is 0 Å². The third kappa shape index (κ3) is 6.38. The first-order valence-corrected chi connectivity index (χ1v) is 9.29. The molecule has 2 unspecified atom stereocenters. The van der Waals surface area contributed by atoms with Crippen molar-refractivity contribution in [1.82, 2.24) is 10.2 Å². The fourth-order valence-electron chi connectivity index (χ4n) is 2.72. The number of hydrogen-bond acceptors (Lipinski definition) is 4. The zero-order valence-electron chi connectivity index (χ0n) is 17.5. The Balaban J connectivity index is 2.75. The predicted molar refractivity (Wildman–Crippen MR) is 106 cm³/mol. The third-order valence-corrected chi connectivity index (χ3v) is 4.52. The number of esters is 1. The lowest BCUT2D eigenvalue weighted by atomic mass is 9.86. The molecule has 0 heterocycles. The van der Waals surface area contributed by atoms with Gasteiger partial charge in [0.25, 0.3) is 5.91 Å². The molecule has 0 aliphatic carbocycles. The SMILES string of the molecule is CCN(CC(C)C(=O)OC)C(=O)C(C)NC(=O)c1ccc(C(C)(C)C)cc1. The minimum atomic E-state index is -0.690. The van der Waals surface area contributed by atoms with Crippen LogP contribution >= 0.6 is 0 Å². The number of carbonyl (C=O) groups is 3. The maximum atomic E-state index is 12.6. The minimum absolute atomic E-state index is 0.0101. The van der Waals surface area contributed by atoms with E-state index >= 15 is 0 Å². The summed E-state index contributed by atoms with van der Waals surface area (Å²) in [5, 5.41) is 2.74. The number of ether oxygens (including phenoxy) is 1. The second-order valence-corrected chi connectivity index (χ2v) is 7.82. The van der Waals surface area contributed by atoms with Crippen molar-refractivity contribution in [3.05, 3.63) is 35.4 Å². The number of hydrogen-bond donors (Lipinski definition) is 1. The Bertz CT molecular complexity index is 662. The molecule has 1 aromatic carbocycles. The fraction of sp³-hybridized carbons (Fsp3) is 0.571. The minimum Gasteiger partial charge on any atom is -0.469 e. The van der Waals surface area contributed by atoms with E-state index in [1.165, 1.54) is 7.11 Å². The molecule has 1 aromatic rings. The Morgan fingerprint density at radius 1 is 1.11 bits per heavy atom. The zero-order chi connectivity index (χ0) is 20.8. The summed E-state index contributed by atoms with van der Waals surface area (Å²) in [6.07, 6.45) is 0. The summed E-state index contributed by atoms with van der Waals surface area (Å²) < 4.78 is 4.71. The molecule has 1 N–H and O–H groups in total. The number of amides is 2. The largest absolute Gasteiger partial charge is 0.469 e. The molecule has 0 aromatic heterocycles. The Kier molecular flexibility index (Phi) is 8.00. The molecule has 2 atom stereocenters. The van der Waals surface area contributed by atoms with Gasteiger partial charge in [0.2, 0.25) is 5.91 Å². The molecule has 0 saturated heterocycles. The van der Waals surface area contributed by atoms with E-state index < -0.39 is 12.0 Å². The second kappa shape index (κ2) is 9.53. The molecule has 2 amide bonds. The first-order chi connectivity index (χ1) is 12.5. The van der Waals surface area contributed by atoms with Gasteiger partial charge in [0, 0.05) is 18.7 Å². The van der Waals surface area contributed by atoms with Crippen LogP contribution in [-0.2, 0) is 19.7 Å². The van der Waals surface area contributed by atoms with Crippen molar-refractivity contribution in [3.63, 3.8) is 0 Å². The van der Waals surface area contributed by atoms with E-state index in [1.807, 2.05) is 19.1 Å². The van der Waals surface area contributed by atoms with Crippen LogP contribution < -0.4 is 5.32 Å². The van der Waals surface area contributed by atoms with Gasteiger partial charge in [-0.25, -0.2) is 0 Å². The summed E-state index contributed by atoms with van der Waals surface area (Å²) in [7, 11) is 1.32. The first-order valence-electron chi connectivity index (χ1n) is 9.29. The maximum Gasteiger partial charge on any atom is 0.310 e. The average molecular weight is 376 g/mol. The number of nitrogens with one attached hydrogen (secondary N) is 1. The Morgan fingerprint density at radius 3 is 2.11 bits per heavy atom. The molecule has 6 heteroatoms. The molecule has 150 valence electrons. The van der Waals surface area contributed by atoms with E-state index in [0.29, 0.717) is 12.1 Å². The van der Waals surface area contributed by atoms with Gasteiger partial charge in [0.15, 0.2) is 0 Å². The molecule has 0 spiro atoms. The summed E-state index contributed by atoms with van der Waals surface area (Å²) in [5.74, 6) is -1.31. The normalized spacial score (nSPS) is 13.4. The predicted octanol–water partition coefficient (Wildman–Crippen LogP) is 2.76. The van der Waals surface area contributed by atoms with Crippen molar-refractivity contribution in [2.24, 2.45) is 5.92 Å². The highest BCUT2D eigenvalue weighted by atomic mass is 16.5. The molecular formula is C21H32N2O4. The molecule has 1 rings (SSSR count). The van der Waals surface area contributed by atoms with Gasteiger partial charge in [0.05, 0.1) is 13.0 Å². The first kappa shape index (κ1) is 22.7. The molecule has 0 fully saturated rings. The quantitative estimate of drug-likeness (QED) is 0.743. The molecule has 0 saturated carbocycles. The highest BCUT2D eigenvalue weighted by molar-refractivity contribution is 5.97. The van der Waals surface area contributed by atoms with E-state index in [4.69, 9.17) is 4.74 Å². The number of carbonyl (C=O) groups excluding carboxylic acids is 3. The standard InChI is InChI=1S/C21H32N2O4/c1-8-23(13-14(2)20(26)27-7)19(25)15(3)22-18(24)16-9-11-17(12-10-16)21(4,5)6/h9-12,14-15H,8,13H2,1-7H3,(H,22,24). The average Bonchev–Trinajstić information content (AvgIpc) is 2.63. The van der Waals surface area contributed by atoms with Crippen LogP contribution in [0.25, 0.3) is 0 Å². The van der Waals surface area contributed by atoms with E-state index in [2.05, 4.69) is 26.1 Å². The molecule has 0 bridgehead atoms. The highest BCUT2D eigenvalue weighted by Crippen LogP contribution is 2.22. The van der Waals surface area contributed by atoms with Crippen molar-refractivity contribution in [2.75, 3.05) is 20.2 Å². The zero-order valence-corrected chi connectivity index (χ0v) is 17.5. The van der Waals surface area contributed by atoms with Gasteiger partial charge in [-0.2, -0.15) is 0 Å². The van der Waals surface area contributed by atoms with Crippen LogP contribution in [0.2, 0.25) is 0 Å². The summed E-state index contributed by atoms with van der Waals surface area (Å²) >= 11 is 0. The lowest BCUT2D eigenvalue weighted by molar-refractivity contribution is -0.146. The van der Waals surface area contributed by atoms with Gasteiger partial charge in [-0.3, -0.25) is 14.4 Å². The maximum absolute atomic E-state index is 12.6. The topological polar surface area (TPSA) is 75.7 Å². The van der Waals surface area contributed by atoms with Crippen molar-refractivity contribution in [1.29, 1.82) is 0 Å². The van der Waals surface area contributed by atoms with E-state index in [-0.39, 0.29) is 29.7 Å². The van der Waals surface area contributed by atoms with Crippen LogP contribution in [0.15, 0.2) is 24.3 Å². The Labute approximate surface area is 162 Å². The van der Waals surface area contributed by atoms with Crippen LogP contribution in [0.5, 0.6) is 0 Å². The van der Waals surface area contributed by atoms with E-state index in [0.717, 1.165) is 5.56 Å². The van der Waals surface area contributed by atoms with Gasteiger partial charge in [-0.1, -0.05) is 39.8 Å². The van der Waals surface area contributed by atoms with Crippen LogP contribution in [0, 0.1) is 5.92 Å². The molecule has 0 aliphatic heterocycles. The van der Waals surface area contributed by atoms with Gasteiger partial charge in [0.1, 0.15) is 6.04 Å². The Morgan fingerprint density at radius 2 is 1.67 bits per heavy atom. The number of rotatable bonds is 7. The lowest BCUT2D eigenvalue weighted by Crippen LogP contribution is -2.48. The summed E-state index contributed by atoms with van der Waals surface area (Å²) in [6.45, 7) is 12.2. The summed E-state index contributed by atoms with van der Waals surface area (Å²) in [4.78, 5) is 38.2. The monoisotopic (exact) mass is 376 g/mol. The molecule has 0 aliphatic rings. The lowest BCUT2D eigenvalue weighted by Gasteiger charge is -2.27. The van der Waals surface area contributed by atoms with Crippen molar-refractivity contribution >= 4 is 17.8 Å². The summed E-state index contributed by atoms with van der Waals surface area (Å²) in [6, 6.07) is 6.70. The molecule has 27 heavy (non-hydrogen) atoms. The number of methoxy groups -OCH3 is 1. The molecular weight excluding hydrogens is 344 g/mol. The summed E-state index contributed by atoms with van der Waals surface area (Å²) in [5.41, 5.74) is 1.65. The third-order valence-electron chi connectivity index (χ3n) is 4.52. The van der Waals surface area contributed by atoms with E-state index in [9.17, 15) is 14.4 Å². The number of likely N-dealkylation sites (N-methyl/N-ethyl adjacent to an activating group) is 1. The number of nitrogens with zero attached hydrogens (tertiary/aromatic N) is 1. The fourth-order valence-corrected chi connectivity index (χ4v) is 2.72. The van der Waals surface area contributed by atoms with Crippen LogP contribution in [0.1, 0.15) is 57.5 Å². The van der Waals surface area contributed by atoms with Gasteiger partial charge >= 0.3 is 5.97 Å². The van der Waals surface area contributed by atoms with Crippen molar-refractivity contribution in [3.8, 4) is 0 Å².